The molecule has 1 heteroatoms. The summed E-state index contributed by atoms with van der Waals surface area (Å²) in [5.74, 6) is 0.937. The van der Waals surface area contributed by atoms with Crippen LogP contribution in [0.4, 0.5) is 0 Å². The second kappa shape index (κ2) is 7.57. The van der Waals surface area contributed by atoms with Crippen LogP contribution in [0.5, 0.6) is 0 Å². The summed E-state index contributed by atoms with van der Waals surface area (Å²) in [4.78, 5) is 0. The molecule has 0 bridgehead atoms. The summed E-state index contributed by atoms with van der Waals surface area (Å²) >= 11 is 0. The Kier molecular flexibility index (Phi) is 4.57. The average Bonchev–Trinajstić information content (AvgIpc) is 2.84. The van der Waals surface area contributed by atoms with Crippen molar-refractivity contribution in [2.75, 3.05) is 0 Å². The molecule has 0 radical (unpaired) electrons. The monoisotopic (exact) mass is 398 g/mol. The van der Waals surface area contributed by atoms with Gasteiger partial charge in [0.1, 0.15) is 7.85 Å². The van der Waals surface area contributed by atoms with Crippen molar-refractivity contribution in [1.82, 2.24) is 0 Å². The van der Waals surface area contributed by atoms with Gasteiger partial charge in [-0.15, -0.1) is 0 Å². The van der Waals surface area contributed by atoms with Crippen molar-refractivity contribution in [1.29, 1.82) is 0 Å². The normalized spacial score (nSPS) is 23.6. The predicted molar refractivity (Wildman–Crippen MR) is 135 cm³/mol. The highest BCUT2D eigenvalue weighted by atomic mass is 14.3. The van der Waals surface area contributed by atoms with Crippen LogP contribution in [0.25, 0.3) is 22.7 Å². The minimum atomic E-state index is 0.455. The van der Waals surface area contributed by atoms with Crippen molar-refractivity contribution >= 4 is 30.5 Å². The molecular formula is C30H27B. The third-order valence-electron chi connectivity index (χ3n) is 7.50. The van der Waals surface area contributed by atoms with Gasteiger partial charge in [-0.05, 0) is 69.5 Å². The fraction of sp³-hybridized carbons (Fsp3) is 0.200. The molecule has 0 saturated heterocycles. The van der Waals surface area contributed by atoms with Gasteiger partial charge in [-0.3, -0.25) is 0 Å². The quantitative estimate of drug-likeness (QED) is 0.643. The van der Waals surface area contributed by atoms with E-state index in [0.29, 0.717) is 11.8 Å². The molecule has 0 amide bonds. The van der Waals surface area contributed by atoms with Gasteiger partial charge < -0.3 is 0 Å². The molecule has 0 fully saturated rings. The molecule has 150 valence electrons. The standard InChI is InChI=1S/C30H27B/c31-30-27-11-5-3-9-25(27)29(26-10-4-6-12-28(26)30)22-16-13-21(14-17-22)24-18-15-20-7-1-2-8-23(20)19-24/h1,3-7,9-13,15-16,18-19,25,27H,2,8,14,17,31H2. The Labute approximate surface area is 185 Å². The van der Waals surface area contributed by atoms with Crippen molar-refractivity contribution in [3.05, 3.63) is 118 Å². The largest absolute Gasteiger partial charge is 0.135 e. The molecule has 4 aliphatic rings. The molecule has 0 nitrogen and oxygen atoms in total. The van der Waals surface area contributed by atoms with E-state index in [1.807, 2.05) is 0 Å². The first kappa shape index (κ1) is 18.7. The molecule has 2 aromatic rings. The van der Waals surface area contributed by atoms with Gasteiger partial charge in [-0.1, -0.05) is 96.5 Å². The Morgan fingerprint density at radius 3 is 2.39 bits per heavy atom. The smallest absolute Gasteiger partial charge is 0.0947 e. The third kappa shape index (κ3) is 3.15. The summed E-state index contributed by atoms with van der Waals surface area (Å²) in [6, 6.07) is 16.0. The van der Waals surface area contributed by atoms with Gasteiger partial charge in [0.2, 0.25) is 0 Å². The van der Waals surface area contributed by atoms with E-state index in [9.17, 15) is 0 Å². The topological polar surface area (TPSA) is 0 Å². The fourth-order valence-electron chi connectivity index (χ4n) is 5.84. The fourth-order valence-corrected chi connectivity index (χ4v) is 5.84. The Morgan fingerprint density at radius 1 is 0.774 bits per heavy atom. The number of hydrogen-bond donors (Lipinski definition) is 0. The highest BCUT2D eigenvalue weighted by Crippen LogP contribution is 2.40. The summed E-state index contributed by atoms with van der Waals surface area (Å²) < 4.78 is 0. The van der Waals surface area contributed by atoms with Gasteiger partial charge in [0.05, 0.1) is 0 Å². The maximum Gasteiger partial charge on any atom is 0.135 e. The molecule has 2 aromatic carbocycles. The molecule has 2 atom stereocenters. The molecule has 2 unspecified atom stereocenters. The molecule has 4 aliphatic carbocycles. The number of fused-ring (bicyclic) bond motifs is 3. The van der Waals surface area contributed by atoms with E-state index in [1.54, 1.807) is 0 Å². The maximum absolute atomic E-state index is 2.43. The van der Waals surface area contributed by atoms with Crippen molar-refractivity contribution in [3.8, 4) is 0 Å². The number of rotatable bonds is 2. The second-order valence-corrected chi connectivity index (χ2v) is 9.20. The lowest BCUT2D eigenvalue weighted by Gasteiger charge is -2.33. The van der Waals surface area contributed by atoms with E-state index in [4.69, 9.17) is 0 Å². The van der Waals surface area contributed by atoms with Crippen LogP contribution in [0.1, 0.15) is 36.0 Å². The first-order valence-electron chi connectivity index (χ1n) is 11.6. The van der Waals surface area contributed by atoms with Crippen molar-refractivity contribution in [2.45, 2.75) is 25.7 Å². The van der Waals surface area contributed by atoms with E-state index >= 15 is 0 Å². The SMILES string of the molecule is BC1=c2ccccc2=C(C2=CC=C(c3ccc4c(c3)CCC=C4)CC2)C2C=CC=CC12. The second-order valence-electron chi connectivity index (χ2n) is 9.20. The number of allylic oxidation sites excluding steroid dienone is 9. The maximum atomic E-state index is 2.43. The molecule has 0 N–H and O–H groups in total. The Hall–Kier alpha value is -3.06. The van der Waals surface area contributed by atoms with Crippen molar-refractivity contribution < 1.29 is 0 Å². The van der Waals surface area contributed by atoms with Gasteiger partial charge in [0.15, 0.2) is 0 Å². The van der Waals surface area contributed by atoms with Crippen LogP contribution in [-0.2, 0) is 6.42 Å². The summed E-state index contributed by atoms with van der Waals surface area (Å²) in [6.07, 6.45) is 23.2. The highest BCUT2D eigenvalue weighted by Gasteiger charge is 2.30. The number of hydrogen-bond acceptors (Lipinski definition) is 0. The van der Waals surface area contributed by atoms with E-state index in [0.717, 1.165) is 19.3 Å². The van der Waals surface area contributed by atoms with E-state index in [2.05, 4.69) is 98.9 Å². The van der Waals surface area contributed by atoms with E-state index < -0.39 is 0 Å². The lowest BCUT2D eigenvalue weighted by molar-refractivity contribution is 0.690. The third-order valence-corrected chi connectivity index (χ3v) is 7.50. The minimum absolute atomic E-state index is 0.455. The molecule has 0 heterocycles. The van der Waals surface area contributed by atoms with Gasteiger partial charge in [-0.25, -0.2) is 0 Å². The Morgan fingerprint density at radius 2 is 1.55 bits per heavy atom. The predicted octanol–water partition coefficient (Wildman–Crippen LogP) is 4.71. The summed E-state index contributed by atoms with van der Waals surface area (Å²) in [5, 5.41) is 2.86. The molecular weight excluding hydrogens is 371 g/mol. The van der Waals surface area contributed by atoms with Crippen LogP contribution in [-0.4, -0.2) is 7.85 Å². The van der Waals surface area contributed by atoms with Crippen LogP contribution in [0.3, 0.4) is 0 Å². The van der Waals surface area contributed by atoms with Crippen LogP contribution in [0, 0.1) is 11.8 Å². The van der Waals surface area contributed by atoms with Crippen molar-refractivity contribution in [2.24, 2.45) is 11.8 Å². The van der Waals surface area contributed by atoms with Crippen LogP contribution >= 0.6 is 0 Å². The molecule has 0 saturated carbocycles. The van der Waals surface area contributed by atoms with Gasteiger partial charge in [0.25, 0.3) is 0 Å². The van der Waals surface area contributed by atoms with Gasteiger partial charge in [-0.2, -0.15) is 0 Å². The van der Waals surface area contributed by atoms with Crippen LogP contribution < -0.4 is 10.4 Å². The summed E-state index contributed by atoms with van der Waals surface area (Å²) in [7, 11) is 2.31. The number of aryl methyl sites for hydroxylation is 1. The molecule has 6 rings (SSSR count). The highest BCUT2D eigenvalue weighted by molar-refractivity contribution is 6.39. The summed E-state index contributed by atoms with van der Waals surface area (Å²) in [6.45, 7) is 0. The Bertz CT molecular complexity index is 1340. The van der Waals surface area contributed by atoms with E-state index in [-0.39, 0.29) is 0 Å². The van der Waals surface area contributed by atoms with Gasteiger partial charge in [0, 0.05) is 11.8 Å². The van der Waals surface area contributed by atoms with Gasteiger partial charge >= 0.3 is 0 Å². The average molecular weight is 398 g/mol. The first-order valence-corrected chi connectivity index (χ1v) is 11.6. The zero-order chi connectivity index (χ0) is 20.8. The zero-order valence-corrected chi connectivity index (χ0v) is 18.1. The summed E-state index contributed by atoms with van der Waals surface area (Å²) in [5.41, 5.74) is 10.3. The Balaban J connectivity index is 1.45. The van der Waals surface area contributed by atoms with E-state index in [1.165, 1.54) is 55.7 Å². The molecule has 31 heavy (non-hydrogen) atoms. The lowest BCUT2D eigenvalue weighted by Crippen LogP contribution is -2.40. The number of benzene rings is 2. The van der Waals surface area contributed by atoms with Crippen LogP contribution in [0.2, 0.25) is 0 Å². The molecule has 0 aliphatic heterocycles. The first-order chi connectivity index (χ1) is 15.3. The molecule has 0 aromatic heterocycles. The lowest BCUT2D eigenvalue weighted by atomic mass is 9.65. The zero-order valence-electron chi connectivity index (χ0n) is 18.1. The minimum Gasteiger partial charge on any atom is -0.0947 e. The van der Waals surface area contributed by atoms with Crippen molar-refractivity contribution in [3.63, 3.8) is 0 Å². The van der Waals surface area contributed by atoms with Crippen LogP contribution in [0.15, 0.2) is 90.6 Å². The molecule has 0 spiro atoms.